The van der Waals surface area contributed by atoms with Crippen LogP contribution in [0.15, 0.2) is 48.5 Å². The second-order valence-electron chi connectivity index (χ2n) is 6.53. The van der Waals surface area contributed by atoms with Crippen molar-refractivity contribution in [2.45, 2.75) is 5.75 Å². The van der Waals surface area contributed by atoms with Crippen LogP contribution in [0.4, 0.5) is 0 Å². The highest BCUT2D eigenvalue weighted by Crippen LogP contribution is 2.24. The average Bonchev–Trinajstić information content (AvgIpc) is 2.73. The van der Waals surface area contributed by atoms with Gasteiger partial charge in [0.25, 0.3) is 5.91 Å². The molecule has 1 heterocycles. The maximum absolute atomic E-state index is 12.8. The first kappa shape index (κ1) is 20.2. The van der Waals surface area contributed by atoms with Gasteiger partial charge in [-0.3, -0.25) is 4.79 Å². The molecule has 8 heteroatoms. The van der Waals surface area contributed by atoms with E-state index in [2.05, 4.69) is 0 Å². The number of piperazine rings is 1. The molecular weight excluding hydrogens is 380 g/mol. The number of carbonyl (C=O) groups is 1. The second-order valence-corrected chi connectivity index (χ2v) is 8.50. The van der Waals surface area contributed by atoms with E-state index in [9.17, 15) is 13.2 Å². The standard InChI is InChI=1S/C20H24N2O5S/c1-26-18-12-17(13-19(14-18)27-2)20(23)21-8-10-22(11-9-21)28(24,25)15-16-6-4-3-5-7-16/h3-7,12-14H,8-11,15H2,1-2H3. The topological polar surface area (TPSA) is 76.2 Å². The van der Waals surface area contributed by atoms with Crippen molar-refractivity contribution in [1.29, 1.82) is 0 Å². The number of nitrogens with zero attached hydrogens (tertiary/aromatic N) is 2. The molecular formula is C20H24N2O5S. The monoisotopic (exact) mass is 404 g/mol. The lowest BCUT2D eigenvalue weighted by molar-refractivity contribution is 0.0697. The first-order chi connectivity index (χ1) is 13.4. The zero-order valence-electron chi connectivity index (χ0n) is 16.0. The third-order valence-corrected chi connectivity index (χ3v) is 6.56. The Labute approximate surface area is 165 Å². The highest BCUT2D eigenvalue weighted by atomic mass is 32.2. The van der Waals surface area contributed by atoms with Gasteiger partial charge in [0.05, 0.1) is 20.0 Å². The van der Waals surface area contributed by atoms with Crippen LogP contribution < -0.4 is 9.47 Å². The van der Waals surface area contributed by atoms with Gasteiger partial charge in [-0.25, -0.2) is 8.42 Å². The summed E-state index contributed by atoms with van der Waals surface area (Å²) in [5.41, 5.74) is 1.21. The molecule has 1 saturated heterocycles. The molecule has 28 heavy (non-hydrogen) atoms. The molecule has 0 spiro atoms. The summed E-state index contributed by atoms with van der Waals surface area (Å²) in [4.78, 5) is 14.5. The molecule has 1 amide bonds. The van der Waals surface area contributed by atoms with Gasteiger partial charge in [0.2, 0.25) is 10.0 Å². The van der Waals surface area contributed by atoms with Crippen LogP contribution in [0.25, 0.3) is 0 Å². The Morgan fingerprint density at radius 3 is 2.04 bits per heavy atom. The third kappa shape index (κ3) is 4.63. The van der Waals surface area contributed by atoms with Gasteiger partial charge in [0.15, 0.2) is 0 Å². The zero-order valence-corrected chi connectivity index (χ0v) is 16.8. The van der Waals surface area contributed by atoms with E-state index in [0.717, 1.165) is 5.56 Å². The summed E-state index contributed by atoms with van der Waals surface area (Å²) < 4.78 is 37.2. The van der Waals surface area contributed by atoms with E-state index in [1.807, 2.05) is 18.2 Å². The van der Waals surface area contributed by atoms with Gasteiger partial charge < -0.3 is 14.4 Å². The molecule has 1 aliphatic heterocycles. The van der Waals surface area contributed by atoms with Crippen molar-refractivity contribution >= 4 is 15.9 Å². The molecule has 2 aromatic carbocycles. The van der Waals surface area contributed by atoms with E-state index in [1.165, 1.54) is 18.5 Å². The summed E-state index contributed by atoms with van der Waals surface area (Å²) in [6.45, 7) is 1.24. The molecule has 3 rings (SSSR count). The highest BCUT2D eigenvalue weighted by Gasteiger charge is 2.29. The molecule has 0 N–H and O–H groups in total. The largest absolute Gasteiger partial charge is 0.497 e. The number of carbonyl (C=O) groups excluding carboxylic acids is 1. The number of methoxy groups -OCH3 is 2. The van der Waals surface area contributed by atoms with Crippen LogP contribution in [0, 0.1) is 0 Å². The Morgan fingerprint density at radius 2 is 1.50 bits per heavy atom. The van der Waals surface area contributed by atoms with Crippen molar-refractivity contribution in [1.82, 2.24) is 9.21 Å². The Balaban J connectivity index is 1.66. The molecule has 7 nitrogen and oxygen atoms in total. The first-order valence-electron chi connectivity index (χ1n) is 8.97. The fraction of sp³-hybridized carbons (Fsp3) is 0.350. The van der Waals surface area contributed by atoms with Gasteiger partial charge in [0.1, 0.15) is 11.5 Å². The maximum atomic E-state index is 12.8. The predicted molar refractivity (Wildman–Crippen MR) is 106 cm³/mol. The van der Waals surface area contributed by atoms with Gasteiger partial charge in [0, 0.05) is 37.8 Å². The van der Waals surface area contributed by atoms with E-state index >= 15 is 0 Å². The Hall–Kier alpha value is -2.58. The van der Waals surface area contributed by atoms with E-state index in [1.54, 1.807) is 35.2 Å². The van der Waals surface area contributed by atoms with E-state index < -0.39 is 10.0 Å². The van der Waals surface area contributed by atoms with Crippen molar-refractivity contribution in [2.75, 3.05) is 40.4 Å². The Morgan fingerprint density at radius 1 is 0.929 bits per heavy atom. The summed E-state index contributed by atoms with van der Waals surface area (Å²) in [6, 6.07) is 14.1. The van der Waals surface area contributed by atoms with Crippen LogP contribution in [0.3, 0.4) is 0 Å². The van der Waals surface area contributed by atoms with Crippen molar-refractivity contribution in [3.8, 4) is 11.5 Å². The molecule has 0 aromatic heterocycles. The highest BCUT2D eigenvalue weighted by molar-refractivity contribution is 7.88. The summed E-state index contributed by atoms with van der Waals surface area (Å²) in [5, 5.41) is 0. The summed E-state index contributed by atoms with van der Waals surface area (Å²) in [5.74, 6) is 0.866. The minimum Gasteiger partial charge on any atom is -0.497 e. The molecule has 0 unspecified atom stereocenters. The number of amides is 1. The van der Waals surface area contributed by atoms with Crippen LogP contribution in [0.1, 0.15) is 15.9 Å². The zero-order chi connectivity index (χ0) is 20.1. The second kappa shape index (κ2) is 8.62. The van der Waals surface area contributed by atoms with Crippen LogP contribution in [0.5, 0.6) is 11.5 Å². The minimum atomic E-state index is -3.42. The molecule has 2 aromatic rings. The Bertz CT molecular complexity index is 901. The van der Waals surface area contributed by atoms with Gasteiger partial charge in [-0.15, -0.1) is 0 Å². The number of rotatable bonds is 6. The first-order valence-corrected chi connectivity index (χ1v) is 10.6. The summed E-state index contributed by atoms with van der Waals surface area (Å²) in [6.07, 6.45) is 0. The van der Waals surface area contributed by atoms with Gasteiger partial charge in [-0.2, -0.15) is 4.31 Å². The van der Waals surface area contributed by atoms with Crippen molar-refractivity contribution < 1.29 is 22.7 Å². The predicted octanol–water partition coefficient (Wildman–Crippen LogP) is 1.99. The van der Waals surface area contributed by atoms with Gasteiger partial charge in [-0.1, -0.05) is 30.3 Å². The molecule has 0 saturated carbocycles. The molecule has 0 bridgehead atoms. The molecule has 0 radical (unpaired) electrons. The molecule has 1 aliphatic rings. The van der Waals surface area contributed by atoms with Crippen molar-refractivity contribution in [2.24, 2.45) is 0 Å². The van der Waals surface area contributed by atoms with Crippen LogP contribution in [0.2, 0.25) is 0 Å². The maximum Gasteiger partial charge on any atom is 0.254 e. The third-order valence-electron chi connectivity index (χ3n) is 4.71. The van der Waals surface area contributed by atoms with Crippen molar-refractivity contribution in [3.63, 3.8) is 0 Å². The summed E-state index contributed by atoms with van der Waals surface area (Å²) in [7, 11) is -0.362. The number of benzene rings is 2. The molecule has 150 valence electrons. The average molecular weight is 404 g/mol. The van der Waals surface area contributed by atoms with Crippen LogP contribution in [-0.2, 0) is 15.8 Å². The fourth-order valence-electron chi connectivity index (χ4n) is 3.16. The van der Waals surface area contributed by atoms with Crippen LogP contribution in [-0.4, -0.2) is 63.9 Å². The van der Waals surface area contributed by atoms with Crippen molar-refractivity contribution in [3.05, 3.63) is 59.7 Å². The fourth-order valence-corrected chi connectivity index (χ4v) is 4.67. The summed E-state index contributed by atoms with van der Waals surface area (Å²) >= 11 is 0. The number of ether oxygens (including phenoxy) is 2. The minimum absolute atomic E-state index is 0.0329. The number of hydrogen-bond donors (Lipinski definition) is 0. The number of sulfonamides is 1. The molecule has 0 aliphatic carbocycles. The van der Waals surface area contributed by atoms with Gasteiger partial charge >= 0.3 is 0 Å². The SMILES string of the molecule is COc1cc(OC)cc(C(=O)N2CCN(S(=O)(=O)Cc3ccccc3)CC2)c1. The smallest absolute Gasteiger partial charge is 0.254 e. The van der Waals surface area contributed by atoms with Crippen LogP contribution >= 0.6 is 0 Å². The van der Waals surface area contributed by atoms with E-state index in [4.69, 9.17) is 9.47 Å². The molecule has 0 atom stereocenters. The quantitative estimate of drug-likeness (QED) is 0.736. The lowest BCUT2D eigenvalue weighted by Crippen LogP contribution is -2.50. The Kier molecular flexibility index (Phi) is 6.21. The normalized spacial score (nSPS) is 15.3. The molecule has 1 fully saturated rings. The lowest BCUT2D eigenvalue weighted by Gasteiger charge is -2.34. The number of hydrogen-bond acceptors (Lipinski definition) is 5. The van der Waals surface area contributed by atoms with Gasteiger partial charge in [-0.05, 0) is 17.7 Å². The van der Waals surface area contributed by atoms with E-state index in [-0.39, 0.29) is 24.7 Å². The van der Waals surface area contributed by atoms with E-state index in [0.29, 0.717) is 30.2 Å². The lowest BCUT2D eigenvalue weighted by atomic mass is 10.1.